The molecule has 3 rings (SSSR count). The molecular weight excluding hydrogens is 350 g/mol. The van der Waals surface area contributed by atoms with Gasteiger partial charge in [0.15, 0.2) is 5.96 Å². The normalized spacial score (nSPS) is 18.6. The van der Waals surface area contributed by atoms with Gasteiger partial charge in [-0.25, -0.2) is 0 Å². The van der Waals surface area contributed by atoms with Crippen molar-refractivity contribution in [1.82, 2.24) is 10.6 Å². The first-order chi connectivity index (χ1) is 13.6. The number of methoxy groups -OCH3 is 1. The van der Waals surface area contributed by atoms with E-state index in [1.54, 1.807) is 7.11 Å². The summed E-state index contributed by atoms with van der Waals surface area (Å²) in [5.41, 5.74) is 5.08. The van der Waals surface area contributed by atoms with Crippen LogP contribution in [0.1, 0.15) is 34.6 Å². The fourth-order valence-electron chi connectivity index (χ4n) is 3.43. The molecular formula is C23H31N3O2. The Hall–Kier alpha value is -2.53. The number of nitrogens with zero attached hydrogens (tertiary/aromatic N) is 1. The van der Waals surface area contributed by atoms with E-state index in [4.69, 9.17) is 9.47 Å². The summed E-state index contributed by atoms with van der Waals surface area (Å²) in [7, 11) is 3.49. The number of rotatable bonds is 8. The summed E-state index contributed by atoms with van der Waals surface area (Å²) >= 11 is 0. The molecule has 0 aliphatic heterocycles. The first-order valence-electron chi connectivity index (χ1n) is 9.86. The van der Waals surface area contributed by atoms with Crippen molar-refractivity contribution in [2.45, 2.75) is 38.8 Å². The van der Waals surface area contributed by atoms with Crippen molar-refractivity contribution in [1.29, 1.82) is 0 Å². The van der Waals surface area contributed by atoms with E-state index in [1.165, 1.54) is 16.7 Å². The van der Waals surface area contributed by atoms with Crippen molar-refractivity contribution in [3.8, 4) is 5.75 Å². The van der Waals surface area contributed by atoms with Crippen LogP contribution in [0.5, 0.6) is 5.75 Å². The van der Waals surface area contributed by atoms with E-state index in [0.29, 0.717) is 31.7 Å². The summed E-state index contributed by atoms with van der Waals surface area (Å²) in [6.07, 6.45) is 1.14. The molecule has 0 saturated heterocycles. The van der Waals surface area contributed by atoms with Crippen LogP contribution in [0, 0.1) is 13.8 Å². The van der Waals surface area contributed by atoms with Crippen LogP contribution < -0.4 is 15.4 Å². The first-order valence-corrected chi connectivity index (χ1v) is 9.86. The molecule has 2 atom stereocenters. The highest BCUT2D eigenvalue weighted by Crippen LogP contribution is 2.42. The molecule has 2 unspecified atom stereocenters. The average molecular weight is 382 g/mol. The predicted molar refractivity (Wildman–Crippen MR) is 114 cm³/mol. The number of guanidine groups is 1. The van der Waals surface area contributed by atoms with Gasteiger partial charge in [0.25, 0.3) is 0 Å². The molecule has 0 amide bonds. The minimum absolute atomic E-state index is 0.433. The van der Waals surface area contributed by atoms with Gasteiger partial charge in [-0.3, -0.25) is 4.99 Å². The van der Waals surface area contributed by atoms with Crippen molar-refractivity contribution in [3.63, 3.8) is 0 Å². The van der Waals surface area contributed by atoms with E-state index in [1.807, 2.05) is 7.05 Å². The van der Waals surface area contributed by atoms with Gasteiger partial charge in [0.2, 0.25) is 0 Å². The van der Waals surface area contributed by atoms with Crippen LogP contribution in [0.4, 0.5) is 0 Å². The molecule has 1 fully saturated rings. The van der Waals surface area contributed by atoms with E-state index in [2.05, 4.69) is 71.9 Å². The lowest BCUT2D eigenvalue weighted by molar-refractivity contribution is 0.145. The number of nitrogens with one attached hydrogen (secondary N) is 2. The smallest absolute Gasteiger partial charge is 0.191 e. The molecule has 1 saturated carbocycles. The molecule has 0 spiro atoms. The molecule has 0 bridgehead atoms. The Morgan fingerprint density at radius 3 is 2.71 bits per heavy atom. The number of benzene rings is 2. The van der Waals surface area contributed by atoms with Crippen LogP contribution >= 0.6 is 0 Å². The molecule has 5 heteroatoms. The molecule has 2 N–H and O–H groups in total. The summed E-state index contributed by atoms with van der Waals surface area (Å²) in [6, 6.07) is 15.3. The van der Waals surface area contributed by atoms with Crippen molar-refractivity contribution < 1.29 is 9.47 Å². The maximum absolute atomic E-state index is 5.88. The fourth-order valence-corrected chi connectivity index (χ4v) is 3.43. The second kappa shape index (κ2) is 9.60. The van der Waals surface area contributed by atoms with Crippen LogP contribution in [0.2, 0.25) is 0 Å². The van der Waals surface area contributed by atoms with Gasteiger partial charge < -0.3 is 20.1 Å². The lowest BCUT2D eigenvalue weighted by Crippen LogP contribution is -2.38. The number of aryl methyl sites for hydroxylation is 2. The Balaban J connectivity index is 1.56. The Morgan fingerprint density at radius 1 is 1.14 bits per heavy atom. The van der Waals surface area contributed by atoms with Crippen LogP contribution in [-0.2, 0) is 11.3 Å². The number of aliphatic imine (C=N–C) groups is 1. The third-order valence-electron chi connectivity index (χ3n) is 5.14. The maximum atomic E-state index is 5.88. The van der Waals surface area contributed by atoms with Crippen LogP contribution in [0.25, 0.3) is 0 Å². The monoisotopic (exact) mass is 381 g/mol. The average Bonchev–Trinajstić information content (AvgIpc) is 3.45. The third-order valence-corrected chi connectivity index (χ3v) is 5.14. The topological polar surface area (TPSA) is 54.9 Å². The highest BCUT2D eigenvalue weighted by molar-refractivity contribution is 5.80. The van der Waals surface area contributed by atoms with Crippen molar-refractivity contribution in [2.24, 2.45) is 4.99 Å². The minimum atomic E-state index is 0.433. The van der Waals surface area contributed by atoms with Gasteiger partial charge in [-0.15, -0.1) is 0 Å². The second-order valence-electron chi connectivity index (χ2n) is 7.33. The fraction of sp³-hybridized carbons (Fsp3) is 0.435. The Labute approximate surface area is 168 Å². The van der Waals surface area contributed by atoms with E-state index < -0.39 is 0 Å². The lowest BCUT2D eigenvalue weighted by Gasteiger charge is -2.15. The Morgan fingerprint density at radius 2 is 1.96 bits per heavy atom. The number of ether oxygens (including phenoxy) is 2. The molecule has 2 aromatic rings. The second-order valence-corrected chi connectivity index (χ2v) is 7.33. The van der Waals surface area contributed by atoms with E-state index >= 15 is 0 Å². The van der Waals surface area contributed by atoms with Gasteiger partial charge in [-0.1, -0.05) is 36.4 Å². The minimum Gasteiger partial charge on any atom is -0.491 e. The maximum Gasteiger partial charge on any atom is 0.191 e. The van der Waals surface area contributed by atoms with Crippen LogP contribution in [0.15, 0.2) is 47.5 Å². The lowest BCUT2D eigenvalue weighted by atomic mass is 10.0. The van der Waals surface area contributed by atoms with Crippen LogP contribution in [-0.4, -0.2) is 39.4 Å². The van der Waals surface area contributed by atoms with Crippen molar-refractivity contribution in [3.05, 3.63) is 64.7 Å². The third kappa shape index (κ3) is 5.26. The zero-order chi connectivity index (χ0) is 19.9. The van der Waals surface area contributed by atoms with Gasteiger partial charge in [0.1, 0.15) is 12.4 Å². The van der Waals surface area contributed by atoms with Crippen molar-refractivity contribution >= 4 is 5.96 Å². The molecule has 28 heavy (non-hydrogen) atoms. The molecule has 1 aliphatic carbocycles. The van der Waals surface area contributed by atoms with Gasteiger partial charge in [0, 0.05) is 38.2 Å². The first kappa shape index (κ1) is 20.2. The van der Waals surface area contributed by atoms with Gasteiger partial charge >= 0.3 is 0 Å². The molecule has 150 valence electrons. The molecule has 0 aromatic heterocycles. The standard InChI is InChI=1S/C23H31N3O2/c1-16-9-10-18(22(13-16)28-12-11-27-4)15-25-23(24-3)26-21-14-20(21)19-8-6-5-7-17(19)2/h5-10,13,20-21H,11-12,14-15H2,1-4H3,(H2,24,25,26). The summed E-state index contributed by atoms with van der Waals surface area (Å²) in [4.78, 5) is 4.39. The molecule has 0 heterocycles. The Bertz CT molecular complexity index is 819. The molecule has 2 aromatic carbocycles. The summed E-state index contributed by atoms with van der Waals surface area (Å²) in [6.45, 7) is 6.02. The van der Waals surface area contributed by atoms with Gasteiger partial charge in [-0.05, 0) is 43.0 Å². The zero-order valence-electron chi connectivity index (χ0n) is 17.3. The summed E-state index contributed by atoms with van der Waals surface area (Å²) < 4.78 is 11.0. The van der Waals surface area contributed by atoms with Gasteiger partial charge in [0.05, 0.1) is 6.61 Å². The summed E-state index contributed by atoms with van der Waals surface area (Å²) in [5.74, 6) is 2.28. The summed E-state index contributed by atoms with van der Waals surface area (Å²) in [5, 5.41) is 6.97. The van der Waals surface area contributed by atoms with E-state index in [9.17, 15) is 0 Å². The van der Waals surface area contributed by atoms with Crippen molar-refractivity contribution in [2.75, 3.05) is 27.4 Å². The highest BCUT2D eigenvalue weighted by atomic mass is 16.5. The molecule has 0 radical (unpaired) electrons. The highest BCUT2D eigenvalue weighted by Gasteiger charge is 2.39. The number of hydrogen-bond acceptors (Lipinski definition) is 3. The SMILES string of the molecule is CN=C(NCc1ccc(C)cc1OCCOC)NC1CC1c1ccccc1C. The predicted octanol–water partition coefficient (Wildman–Crippen LogP) is 3.55. The zero-order valence-corrected chi connectivity index (χ0v) is 17.3. The molecule has 5 nitrogen and oxygen atoms in total. The number of hydrogen-bond donors (Lipinski definition) is 2. The molecule has 1 aliphatic rings. The van der Waals surface area contributed by atoms with Crippen LogP contribution in [0.3, 0.4) is 0 Å². The van der Waals surface area contributed by atoms with Gasteiger partial charge in [-0.2, -0.15) is 0 Å². The quantitative estimate of drug-likeness (QED) is 0.417. The Kier molecular flexibility index (Phi) is 6.93. The largest absolute Gasteiger partial charge is 0.491 e. The van der Waals surface area contributed by atoms with E-state index in [-0.39, 0.29) is 0 Å². The van der Waals surface area contributed by atoms with E-state index in [0.717, 1.165) is 23.7 Å².